The molecule has 1 aromatic heterocycles. The average molecular weight is 466 g/mol. The molecule has 3 aliphatic heterocycles. The largest absolute Gasteiger partial charge is 0.459 e. The number of anilines is 2. The van der Waals surface area contributed by atoms with Crippen LogP contribution in [0.2, 0.25) is 0 Å². The van der Waals surface area contributed by atoms with E-state index in [1.807, 2.05) is 17.9 Å². The van der Waals surface area contributed by atoms with E-state index in [2.05, 4.69) is 17.4 Å². The SMILES string of the molecule is CC(=O)N1c2ccc(C3NCCC[N+]34CCCCCCC4)cc2N(C(=O)c2ccco2)CC1C. The molecule has 0 radical (unpaired) electrons. The summed E-state index contributed by atoms with van der Waals surface area (Å²) in [6.07, 6.45) is 9.44. The molecule has 1 spiro atoms. The highest BCUT2D eigenvalue weighted by molar-refractivity contribution is 6.09. The molecule has 2 saturated heterocycles. The smallest absolute Gasteiger partial charge is 0.294 e. The lowest BCUT2D eigenvalue weighted by Gasteiger charge is -2.49. The van der Waals surface area contributed by atoms with Crippen LogP contribution in [0.5, 0.6) is 0 Å². The number of carbonyl (C=O) groups excluding carboxylic acids is 2. The van der Waals surface area contributed by atoms with Crippen LogP contribution in [-0.2, 0) is 4.79 Å². The predicted octanol–water partition coefficient (Wildman–Crippen LogP) is 4.45. The van der Waals surface area contributed by atoms with Crippen LogP contribution in [0.1, 0.15) is 74.7 Å². The van der Waals surface area contributed by atoms with Crippen LogP contribution in [0.25, 0.3) is 0 Å². The lowest BCUT2D eigenvalue weighted by Crippen LogP contribution is -2.61. The summed E-state index contributed by atoms with van der Waals surface area (Å²) in [4.78, 5) is 29.6. The summed E-state index contributed by atoms with van der Waals surface area (Å²) >= 11 is 0. The standard InChI is InChI=1S/C27H37N4O3/c1-20-19-29(27(33)25-10-8-17-34-25)24-18-22(11-12-23(24)30(20)21(2)32)26-28-13-9-16-31(26)14-6-4-3-5-7-15-31/h8,10-12,17-18,20,26,28H,3-7,9,13-16,19H2,1-2H3/q+1. The van der Waals surface area contributed by atoms with Gasteiger partial charge in [0.15, 0.2) is 11.9 Å². The minimum Gasteiger partial charge on any atom is -0.459 e. The zero-order valence-corrected chi connectivity index (χ0v) is 20.5. The lowest BCUT2D eigenvalue weighted by molar-refractivity contribution is -0.965. The van der Waals surface area contributed by atoms with Crippen molar-refractivity contribution in [3.8, 4) is 0 Å². The van der Waals surface area contributed by atoms with Crippen LogP contribution >= 0.6 is 0 Å². The first-order valence-corrected chi connectivity index (χ1v) is 12.9. The van der Waals surface area contributed by atoms with E-state index in [1.54, 1.807) is 24.0 Å². The molecule has 1 N–H and O–H groups in total. The van der Waals surface area contributed by atoms with Crippen LogP contribution in [0.15, 0.2) is 41.0 Å². The molecule has 3 aliphatic rings. The Morgan fingerprint density at radius 1 is 1.00 bits per heavy atom. The Morgan fingerprint density at radius 2 is 1.74 bits per heavy atom. The minimum atomic E-state index is -0.162. The molecule has 0 aliphatic carbocycles. The van der Waals surface area contributed by atoms with E-state index in [9.17, 15) is 9.59 Å². The van der Waals surface area contributed by atoms with Gasteiger partial charge in [0, 0.05) is 32.0 Å². The van der Waals surface area contributed by atoms with E-state index < -0.39 is 0 Å². The van der Waals surface area contributed by atoms with Crippen molar-refractivity contribution in [2.75, 3.05) is 42.5 Å². The zero-order valence-electron chi connectivity index (χ0n) is 20.5. The topological polar surface area (TPSA) is 65.8 Å². The highest BCUT2D eigenvalue weighted by atomic mass is 16.3. The van der Waals surface area contributed by atoms with Gasteiger partial charge in [-0.05, 0) is 62.9 Å². The number of amides is 2. The molecule has 2 atom stereocenters. The summed E-state index contributed by atoms with van der Waals surface area (Å²) in [5, 5.41) is 3.84. The molecule has 7 nitrogen and oxygen atoms in total. The summed E-state index contributed by atoms with van der Waals surface area (Å²) in [5.74, 6) is 0.155. The molecule has 2 unspecified atom stereocenters. The molecule has 4 heterocycles. The second-order valence-electron chi connectivity index (χ2n) is 10.2. The van der Waals surface area contributed by atoms with Gasteiger partial charge in [0.05, 0.1) is 43.3 Å². The van der Waals surface area contributed by atoms with Gasteiger partial charge in [-0.2, -0.15) is 0 Å². The average Bonchev–Trinajstić information content (AvgIpc) is 3.35. The number of carbonyl (C=O) groups is 2. The molecule has 182 valence electrons. The zero-order chi connectivity index (χ0) is 23.7. The molecule has 2 amide bonds. The van der Waals surface area contributed by atoms with Crippen molar-refractivity contribution < 1.29 is 18.5 Å². The predicted molar refractivity (Wildman–Crippen MR) is 133 cm³/mol. The molecule has 0 saturated carbocycles. The molecule has 34 heavy (non-hydrogen) atoms. The summed E-state index contributed by atoms with van der Waals surface area (Å²) in [6, 6.07) is 9.69. The third kappa shape index (κ3) is 4.16. The van der Waals surface area contributed by atoms with Gasteiger partial charge < -0.3 is 18.7 Å². The van der Waals surface area contributed by atoms with Gasteiger partial charge in [0.1, 0.15) is 0 Å². The summed E-state index contributed by atoms with van der Waals surface area (Å²) in [6.45, 7) is 8.62. The summed E-state index contributed by atoms with van der Waals surface area (Å²) < 4.78 is 6.53. The number of furan rings is 1. The van der Waals surface area contributed by atoms with Gasteiger partial charge >= 0.3 is 0 Å². The molecule has 0 bridgehead atoms. The van der Waals surface area contributed by atoms with Crippen molar-refractivity contribution in [3.63, 3.8) is 0 Å². The second kappa shape index (κ2) is 9.55. The van der Waals surface area contributed by atoms with Crippen molar-refractivity contribution in [2.24, 2.45) is 0 Å². The van der Waals surface area contributed by atoms with Crippen molar-refractivity contribution in [1.29, 1.82) is 0 Å². The Kier molecular flexibility index (Phi) is 6.49. The van der Waals surface area contributed by atoms with Crippen molar-refractivity contribution in [1.82, 2.24) is 5.32 Å². The summed E-state index contributed by atoms with van der Waals surface area (Å²) in [5.41, 5.74) is 2.80. The number of hydrogen-bond donors (Lipinski definition) is 1. The highest BCUT2D eigenvalue weighted by Crippen LogP contribution is 2.41. The molecular formula is C27H37N4O3+. The number of nitrogens with zero attached hydrogens (tertiary/aromatic N) is 3. The molecule has 7 heteroatoms. The monoisotopic (exact) mass is 465 g/mol. The van der Waals surface area contributed by atoms with E-state index in [-0.39, 0.29) is 24.0 Å². The van der Waals surface area contributed by atoms with Crippen LogP contribution in [-0.4, -0.2) is 55.1 Å². The fourth-order valence-corrected chi connectivity index (χ4v) is 6.38. The number of quaternary nitrogens is 1. The van der Waals surface area contributed by atoms with E-state index in [4.69, 9.17) is 4.42 Å². The molecule has 1 aromatic carbocycles. The Morgan fingerprint density at radius 3 is 2.44 bits per heavy atom. The van der Waals surface area contributed by atoms with E-state index >= 15 is 0 Å². The Hall–Kier alpha value is -2.64. The van der Waals surface area contributed by atoms with Crippen LogP contribution in [0, 0.1) is 0 Å². The third-order valence-electron chi connectivity index (χ3n) is 7.94. The van der Waals surface area contributed by atoms with Gasteiger partial charge in [-0.15, -0.1) is 0 Å². The third-order valence-corrected chi connectivity index (χ3v) is 7.94. The fraction of sp³-hybridized carbons (Fsp3) is 0.556. The van der Waals surface area contributed by atoms with E-state index in [1.165, 1.54) is 70.0 Å². The quantitative estimate of drug-likeness (QED) is 0.666. The number of hydrogen-bond acceptors (Lipinski definition) is 4. The number of rotatable bonds is 2. The van der Waals surface area contributed by atoms with E-state index in [0.717, 1.165) is 22.4 Å². The van der Waals surface area contributed by atoms with Crippen molar-refractivity contribution in [2.45, 2.75) is 64.6 Å². The molecule has 2 fully saturated rings. The van der Waals surface area contributed by atoms with Gasteiger partial charge in [-0.3, -0.25) is 14.9 Å². The maximum absolute atomic E-state index is 13.4. The van der Waals surface area contributed by atoms with Crippen LogP contribution in [0.3, 0.4) is 0 Å². The first kappa shape index (κ1) is 23.1. The Bertz CT molecular complexity index is 1030. The normalized spacial score (nSPS) is 24.9. The fourth-order valence-electron chi connectivity index (χ4n) is 6.38. The minimum absolute atomic E-state index is 0.00495. The maximum atomic E-state index is 13.4. The molecular weight excluding hydrogens is 428 g/mol. The van der Waals surface area contributed by atoms with Gasteiger partial charge in [-0.25, -0.2) is 0 Å². The van der Waals surface area contributed by atoms with Crippen molar-refractivity contribution in [3.05, 3.63) is 47.9 Å². The first-order valence-electron chi connectivity index (χ1n) is 12.9. The summed E-state index contributed by atoms with van der Waals surface area (Å²) in [7, 11) is 0. The Labute approximate surface area is 202 Å². The first-order chi connectivity index (χ1) is 16.5. The number of benzene rings is 1. The number of fused-ring (bicyclic) bond motifs is 1. The van der Waals surface area contributed by atoms with Gasteiger partial charge in [0.2, 0.25) is 5.91 Å². The van der Waals surface area contributed by atoms with Crippen molar-refractivity contribution >= 4 is 23.2 Å². The second-order valence-corrected chi connectivity index (χ2v) is 10.2. The van der Waals surface area contributed by atoms with Gasteiger partial charge in [-0.1, -0.05) is 6.42 Å². The molecule has 5 rings (SSSR count). The van der Waals surface area contributed by atoms with E-state index in [0.29, 0.717) is 12.3 Å². The Balaban J connectivity index is 1.57. The lowest BCUT2D eigenvalue weighted by atomic mass is 9.97. The highest BCUT2D eigenvalue weighted by Gasteiger charge is 2.42. The van der Waals surface area contributed by atoms with Gasteiger partial charge in [0.25, 0.3) is 5.91 Å². The maximum Gasteiger partial charge on any atom is 0.294 e. The molecule has 2 aromatic rings. The number of nitrogens with one attached hydrogen (secondary N) is 1. The van der Waals surface area contributed by atoms with Crippen LogP contribution in [0.4, 0.5) is 11.4 Å². The van der Waals surface area contributed by atoms with Crippen LogP contribution < -0.4 is 15.1 Å².